The van der Waals surface area contributed by atoms with Gasteiger partial charge >= 0.3 is 5.97 Å². The van der Waals surface area contributed by atoms with Crippen LogP contribution in [-0.2, 0) is 4.79 Å². The van der Waals surface area contributed by atoms with E-state index in [-0.39, 0.29) is 12.5 Å². The third kappa shape index (κ3) is 13.8. The molecule has 2 unspecified atom stereocenters. The van der Waals surface area contributed by atoms with Crippen molar-refractivity contribution in [3.8, 4) is 0 Å². The van der Waals surface area contributed by atoms with Gasteiger partial charge in [-0.3, -0.25) is 4.79 Å². The summed E-state index contributed by atoms with van der Waals surface area (Å²) in [6.07, 6.45) is 10.2. The van der Waals surface area contributed by atoms with Gasteiger partial charge in [-0.2, -0.15) is 0 Å². The molecule has 0 aromatic rings. The Morgan fingerprint density at radius 3 is 1.75 bits per heavy atom. The maximum atomic E-state index is 10.4. The first-order chi connectivity index (χ1) is 9.56. The molecule has 0 heterocycles. The van der Waals surface area contributed by atoms with Crippen LogP contribution in [-0.4, -0.2) is 33.5 Å². The summed E-state index contributed by atoms with van der Waals surface area (Å²) in [5.74, 6) is -0.931. The Kier molecular flexibility index (Phi) is 13.0. The highest BCUT2D eigenvalue weighted by molar-refractivity contribution is 5.67. The van der Waals surface area contributed by atoms with Crippen molar-refractivity contribution in [3.63, 3.8) is 0 Å². The van der Waals surface area contributed by atoms with Crippen LogP contribution in [0.2, 0.25) is 0 Å². The predicted octanol–water partition coefficient (Wildman–Crippen LogP) is 3.49. The zero-order valence-electron chi connectivity index (χ0n) is 12.9. The third-order valence-electron chi connectivity index (χ3n) is 3.63. The van der Waals surface area contributed by atoms with Crippen molar-refractivity contribution < 1.29 is 20.1 Å². The van der Waals surface area contributed by atoms with Crippen molar-refractivity contribution in [2.75, 3.05) is 0 Å². The fourth-order valence-corrected chi connectivity index (χ4v) is 2.35. The van der Waals surface area contributed by atoms with Gasteiger partial charge in [0, 0.05) is 0 Å². The molecule has 0 spiro atoms. The summed E-state index contributed by atoms with van der Waals surface area (Å²) >= 11 is 0. The predicted molar refractivity (Wildman–Crippen MR) is 80.7 cm³/mol. The Labute approximate surface area is 123 Å². The van der Waals surface area contributed by atoms with Crippen LogP contribution in [0.25, 0.3) is 0 Å². The van der Waals surface area contributed by atoms with E-state index in [1.54, 1.807) is 0 Å². The van der Waals surface area contributed by atoms with Gasteiger partial charge in [-0.1, -0.05) is 58.3 Å². The Morgan fingerprint density at radius 1 is 0.800 bits per heavy atom. The lowest BCUT2D eigenvalue weighted by Gasteiger charge is -2.09. The van der Waals surface area contributed by atoms with Crippen molar-refractivity contribution >= 4 is 5.97 Å². The first-order valence-electron chi connectivity index (χ1n) is 8.14. The zero-order chi connectivity index (χ0) is 15.2. The van der Waals surface area contributed by atoms with E-state index in [4.69, 9.17) is 5.11 Å². The summed E-state index contributed by atoms with van der Waals surface area (Å²) in [4.78, 5) is 10.4. The lowest BCUT2D eigenvalue weighted by atomic mass is 10.0. The summed E-state index contributed by atoms with van der Waals surface area (Å²) in [6.45, 7) is 2.14. The number of carboxylic acids is 1. The van der Waals surface area contributed by atoms with Crippen LogP contribution in [0, 0.1) is 0 Å². The molecule has 3 N–H and O–H groups in total. The van der Waals surface area contributed by atoms with E-state index in [0.29, 0.717) is 6.42 Å². The second-order valence-electron chi connectivity index (χ2n) is 5.75. The molecule has 20 heavy (non-hydrogen) atoms. The van der Waals surface area contributed by atoms with E-state index < -0.39 is 12.1 Å². The number of aliphatic hydroxyl groups is 2. The summed E-state index contributed by atoms with van der Waals surface area (Å²) < 4.78 is 0. The van der Waals surface area contributed by atoms with Gasteiger partial charge in [0.2, 0.25) is 0 Å². The van der Waals surface area contributed by atoms with Crippen molar-refractivity contribution in [3.05, 3.63) is 0 Å². The molecule has 0 aliphatic carbocycles. The standard InChI is InChI=1S/C16H32O4/c1-2-3-10-14(17)11-8-6-4-5-7-9-12-15(18)13-16(19)20/h14-15,17-18H,2-13H2,1H3,(H,19,20). The minimum Gasteiger partial charge on any atom is -0.481 e. The molecular weight excluding hydrogens is 256 g/mol. The Balaban J connectivity index is 3.22. The Morgan fingerprint density at radius 2 is 1.25 bits per heavy atom. The van der Waals surface area contributed by atoms with Crippen LogP contribution in [0.1, 0.15) is 84.0 Å². The fourth-order valence-electron chi connectivity index (χ4n) is 2.35. The summed E-state index contributed by atoms with van der Waals surface area (Å²) in [5, 5.41) is 27.6. The fraction of sp³-hybridized carbons (Fsp3) is 0.938. The first-order valence-corrected chi connectivity index (χ1v) is 8.14. The molecule has 0 aliphatic heterocycles. The molecule has 0 saturated carbocycles. The molecule has 120 valence electrons. The molecule has 0 bridgehead atoms. The van der Waals surface area contributed by atoms with E-state index in [1.165, 1.54) is 0 Å². The zero-order valence-corrected chi connectivity index (χ0v) is 12.9. The molecular formula is C16H32O4. The number of hydrogen-bond donors (Lipinski definition) is 3. The second kappa shape index (κ2) is 13.4. The smallest absolute Gasteiger partial charge is 0.305 e. The molecule has 0 aromatic heterocycles. The maximum absolute atomic E-state index is 10.4. The lowest BCUT2D eigenvalue weighted by molar-refractivity contribution is -0.139. The van der Waals surface area contributed by atoms with Gasteiger partial charge in [-0.15, -0.1) is 0 Å². The van der Waals surface area contributed by atoms with Crippen molar-refractivity contribution in [2.24, 2.45) is 0 Å². The highest BCUT2D eigenvalue weighted by Crippen LogP contribution is 2.13. The molecule has 0 fully saturated rings. The Hall–Kier alpha value is -0.610. The van der Waals surface area contributed by atoms with Gasteiger partial charge in [0.15, 0.2) is 0 Å². The molecule has 0 rings (SSSR count). The average Bonchev–Trinajstić information content (AvgIpc) is 2.38. The molecule has 0 aromatic carbocycles. The number of hydrogen-bond acceptors (Lipinski definition) is 3. The number of carboxylic acid groups (broad SMARTS) is 1. The minimum atomic E-state index is -0.931. The second-order valence-corrected chi connectivity index (χ2v) is 5.75. The van der Waals surface area contributed by atoms with Crippen LogP contribution in [0.15, 0.2) is 0 Å². The molecule has 0 amide bonds. The number of unbranched alkanes of at least 4 members (excludes halogenated alkanes) is 6. The summed E-state index contributed by atoms with van der Waals surface area (Å²) in [7, 11) is 0. The number of carbonyl (C=O) groups is 1. The van der Waals surface area contributed by atoms with Gasteiger partial charge in [0.05, 0.1) is 18.6 Å². The van der Waals surface area contributed by atoms with Gasteiger partial charge in [0.25, 0.3) is 0 Å². The van der Waals surface area contributed by atoms with E-state index >= 15 is 0 Å². The van der Waals surface area contributed by atoms with E-state index in [1.807, 2.05) is 0 Å². The van der Waals surface area contributed by atoms with Crippen LogP contribution in [0.4, 0.5) is 0 Å². The minimum absolute atomic E-state index is 0.124. The Bertz CT molecular complexity index is 231. The third-order valence-corrected chi connectivity index (χ3v) is 3.63. The van der Waals surface area contributed by atoms with Crippen LogP contribution in [0.5, 0.6) is 0 Å². The molecule has 2 atom stereocenters. The molecule has 0 saturated heterocycles. The molecule has 0 aliphatic rings. The van der Waals surface area contributed by atoms with Gasteiger partial charge in [-0.25, -0.2) is 0 Å². The quantitative estimate of drug-likeness (QED) is 0.428. The van der Waals surface area contributed by atoms with E-state index in [0.717, 1.165) is 64.2 Å². The highest BCUT2D eigenvalue weighted by Gasteiger charge is 2.08. The van der Waals surface area contributed by atoms with Crippen LogP contribution >= 0.6 is 0 Å². The van der Waals surface area contributed by atoms with Gasteiger partial charge < -0.3 is 15.3 Å². The normalized spacial score (nSPS) is 14.2. The summed E-state index contributed by atoms with van der Waals surface area (Å²) in [5.41, 5.74) is 0. The van der Waals surface area contributed by atoms with Crippen LogP contribution in [0.3, 0.4) is 0 Å². The van der Waals surface area contributed by atoms with Crippen molar-refractivity contribution in [1.29, 1.82) is 0 Å². The van der Waals surface area contributed by atoms with Gasteiger partial charge in [0.1, 0.15) is 0 Å². The molecule has 4 nitrogen and oxygen atoms in total. The van der Waals surface area contributed by atoms with Gasteiger partial charge in [-0.05, 0) is 19.3 Å². The highest BCUT2D eigenvalue weighted by atomic mass is 16.4. The number of aliphatic hydroxyl groups excluding tert-OH is 2. The molecule has 4 heteroatoms. The maximum Gasteiger partial charge on any atom is 0.305 e. The topological polar surface area (TPSA) is 77.8 Å². The van der Waals surface area contributed by atoms with E-state index in [9.17, 15) is 15.0 Å². The van der Waals surface area contributed by atoms with E-state index in [2.05, 4.69) is 6.92 Å². The first kappa shape index (κ1) is 19.4. The lowest BCUT2D eigenvalue weighted by Crippen LogP contribution is -2.12. The van der Waals surface area contributed by atoms with Crippen LogP contribution < -0.4 is 0 Å². The monoisotopic (exact) mass is 288 g/mol. The average molecular weight is 288 g/mol. The SMILES string of the molecule is CCCCC(O)CCCCCCCCC(O)CC(=O)O. The molecule has 0 radical (unpaired) electrons. The largest absolute Gasteiger partial charge is 0.481 e. The number of rotatable bonds is 14. The van der Waals surface area contributed by atoms with Crippen molar-refractivity contribution in [1.82, 2.24) is 0 Å². The number of aliphatic carboxylic acids is 1. The summed E-state index contributed by atoms with van der Waals surface area (Å²) in [6, 6.07) is 0. The van der Waals surface area contributed by atoms with Crippen molar-refractivity contribution in [2.45, 2.75) is 96.2 Å².